The first-order valence-corrected chi connectivity index (χ1v) is 13.3. The number of fused-ring (bicyclic) bond motifs is 2. The number of carbonyl (C=O) groups excluding carboxylic acids is 1. The van der Waals surface area contributed by atoms with Gasteiger partial charge in [-0.1, -0.05) is 36.4 Å². The monoisotopic (exact) mass is 507 g/mol. The molecule has 1 aromatic heterocycles. The van der Waals surface area contributed by atoms with Gasteiger partial charge in [0.05, 0.1) is 27.4 Å². The molecule has 2 heterocycles. The van der Waals surface area contributed by atoms with E-state index in [0.717, 1.165) is 13.1 Å². The number of sulfonamides is 1. The number of piperazine rings is 1. The predicted octanol–water partition coefficient (Wildman–Crippen LogP) is 2.22. The van der Waals surface area contributed by atoms with Crippen LogP contribution in [0.1, 0.15) is 27.0 Å². The first-order valence-electron chi connectivity index (χ1n) is 11.8. The van der Waals surface area contributed by atoms with Gasteiger partial charge >= 0.3 is 0 Å². The fourth-order valence-corrected chi connectivity index (χ4v) is 6.24. The van der Waals surface area contributed by atoms with Crippen molar-refractivity contribution in [3.05, 3.63) is 70.8 Å². The maximum Gasteiger partial charge on any atom is 0.243 e. The molecule has 1 saturated heterocycles. The van der Waals surface area contributed by atoms with E-state index in [0.29, 0.717) is 48.6 Å². The third-order valence-electron chi connectivity index (χ3n) is 6.87. The Morgan fingerprint density at radius 2 is 1.61 bits per heavy atom. The van der Waals surface area contributed by atoms with Crippen molar-refractivity contribution in [3.8, 4) is 17.1 Å². The molecule has 3 N–H and O–H groups in total. The normalized spacial score (nSPS) is 16.9. The van der Waals surface area contributed by atoms with Crippen LogP contribution < -0.4 is 0 Å². The molecule has 9 nitrogen and oxygen atoms in total. The molecule has 0 spiro atoms. The number of nitrogens with zero attached hydrogens (tertiary/aromatic N) is 3. The molecule has 0 unspecified atom stereocenters. The highest BCUT2D eigenvalue weighted by Crippen LogP contribution is 2.39. The molecule has 0 amide bonds. The SMILES string of the molecule is CN(C)CCN1CCN(S(=O)(=O)c2ccc(-c3[nH]c(O)c4c3C(=O)c3ccccc3C4=N)cc2)CC1. The van der Waals surface area contributed by atoms with Crippen LogP contribution in [0.25, 0.3) is 11.3 Å². The summed E-state index contributed by atoms with van der Waals surface area (Å²) in [5.41, 5.74) is 2.25. The van der Waals surface area contributed by atoms with Gasteiger partial charge in [-0.05, 0) is 31.8 Å². The summed E-state index contributed by atoms with van der Waals surface area (Å²) >= 11 is 0. The number of carbonyl (C=O) groups is 1. The average Bonchev–Trinajstić information content (AvgIpc) is 3.24. The van der Waals surface area contributed by atoms with Gasteiger partial charge in [-0.25, -0.2) is 8.42 Å². The van der Waals surface area contributed by atoms with Crippen molar-refractivity contribution >= 4 is 21.5 Å². The van der Waals surface area contributed by atoms with Crippen LogP contribution in [-0.2, 0) is 10.0 Å². The fourth-order valence-electron chi connectivity index (χ4n) is 4.82. The summed E-state index contributed by atoms with van der Waals surface area (Å²) in [5, 5.41) is 19.1. The Bertz CT molecular complexity index is 1440. The number of H-pyrrole nitrogens is 1. The number of likely N-dealkylation sites (N-methyl/N-ethyl adjacent to an activating group) is 1. The van der Waals surface area contributed by atoms with Crippen LogP contribution in [0.5, 0.6) is 5.88 Å². The Morgan fingerprint density at radius 3 is 2.25 bits per heavy atom. The molecule has 1 aliphatic heterocycles. The van der Waals surface area contributed by atoms with Crippen LogP contribution in [0.2, 0.25) is 0 Å². The second-order valence-electron chi connectivity index (χ2n) is 9.42. The highest BCUT2D eigenvalue weighted by atomic mass is 32.2. The summed E-state index contributed by atoms with van der Waals surface area (Å²) in [6.45, 7) is 4.09. The van der Waals surface area contributed by atoms with Gasteiger partial charge in [0.1, 0.15) is 0 Å². The Morgan fingerprint density at radius 1 is 0.972 bits per heavy atom. The van der Waals surface area contributed by atoms with E-state index in [4.69, 9.17) is 5.41 Å². The van der Waals surface area contributed by atoms with Crippen molar-refractivity contribution in [2.75, 3.05) is 53.4 Å². The number of ketones is 1. The minimum atomic E-state index is -3.65. The van der Waals surface area contributed by atoms with Crippen LogP contribution in [0.15, 0.2) is 53.4 Å². The average molecular weight is 508 g/mol. The largest absolute Gasteiger partial charge is 0.494 e. The molecule has 2 aliphatic rings. The zero-order valence-corrected chi connectivity index (χ0v) is 21.1. The van der Waals surface area contributed by atoms with Crippen molar-refractivity contribution in [2.24, 2.45) is 0 Å². The molecule has 10 heteroatoms. The lowest BCUT2D eigenvalue weighted by molar-refractivity contribution is 0.103. The molecule has 1 aliphatic carbocycles. The number of hydrogen-bond donors (Lipinski definition) is 3. The molecular weight excluding hydrogens is 478 g/mol. The summed E-state index contributed by atoms with van der Waals surface area (Å²) in [6, 6.07) is 13.2. The highest BCUT2D eigenvalue weighted by Gasteiger charge is 2.34. The summed E-state index contributed by atoms with van der Waals surface area (Å²) < 4.78 is 28.0. The first-order chi connectivity index (χ1) is 17.2. The highest BCUT2D eigenvalue weighted by molar-refractivity contribution is 7.89. The second kappa shape index (κ2) is 9.29. The standard InChI is InChI=1S/C26H29N5O4S/c1-29(2)11-12-30-13-15-31(16-14-30)36(34,35)18-9-7-17(8-10-18)24-22-21(26(33)28-24)23(27)19-5-3-4-6-20(19)25(22)32/h3-10,27-28,33H,11-16H2,1-2H3. The number of rotatable bonds is 6. The smallest absolute Gasteiger partial charge is 0.243 e. The van der Waals surface area contributed by atoms with E-state index in [1.807, 2.05) is 14.1 Å². The van der Waals surface area contributed by atoms with Gasteiger partial charge in [0.25, 0.3) is 0 Å². The summed E-state index contributed by atoms with van der Waals surface area (Å²) in [4.78, 5) is 20.7. The van der Waals surface area contributed by atoms with Gasteiger partial charge in [-0.2, -0.15) is 4.31 Å². The van der Waals surface area contributed by atoms with E-state index in [1.54, 1.807) is 36.4 Å². The maximum atomic E-state index is 13.3. The number of nitrogens with one attached hydrogen (secondary N) is 2. The number of aromatic nitrogens is 1. The van der Waals surface area contributed by atoms with E-state index in [1.165, 1.54) is 16.4 Å². The number of benzene rings is 2. The van der Waals surface area contributed by atoms with E-state index in [9.17, 15) is 18.3 Å². The van der Waals surface area contributed by atoms with Crippen molar-refractivity contribution in [1.29, 1.82) is 5.41 Å². The molecule has 0 saturated carbocycles. The van der Waals surface area contributed by atoms with Gasteiger partial charge in [-0.3, -0.25) is 15.1 Å². The van der Waals surface area contributed by atoms with Gasteiger partial charge < -0.3 is 15.0 Å². The number of hydrogen-bond acceptors (Lipinski definition) is 7. The van der Waals surface area contributed by atoms with E-state index in [-0.39, 0.29) is 33.4 Å². The molecule has 5 rings (SSSR count). The van der Waals surface area contributed by atoms with Crippen molar-refractivity contribution < 1.29 is 18.3 Å². The van der Waals surface area contributed by atoms with Crippen LogP contribution in [0.3, 0.4) is 0 Å². The van der Waals surface area contributed by atoms with Crippen molar-refractivity contribution in [2.45, 2.75) is 4.90 Å². The van der Waals surface area contributed by atoms with Crippen LogP contribution in [-0.4, -0.2) is 97.5 Å². The Kier molecular flexibility index (Phi) is 6.29. The number of aromatic amines is 1. The minimum absolute atomic E-state index is 0.0733. The molecule has 1 fully saturated rings. The van der Waals surface area contributed by atoms with Gasteiger partial charge in [0.2, 0.25) is 10.0 Å². The van der Waals surface area contributed by atoms with Gasteiger partial charge in [-0.15, -0.1) is 0 Å². The minimum Gasteiger partial charge on any atom is -0.494 e. The Labute approximate surface area is 210 Å². The number of aromatic hydroxyl groups is 1. The molecule has 0 bridgehead atoms. The van der Waals surface area contributed by atoms with Crippen molar-refractivity contribution in [3.63, 3.8) is 0 Å². The molecule has 0 radical (unpaired) electrons. The zero-order chi connectivity index (χ0) is 25.6. The summed E-state index contributed by atoms with van der Waals surface area (Å²) in [6.07, 6.45) is 0. The molecule has 188 valence electrons. The Hall–Kier alpha value is -3.31. The lowest BCUT2D eigenvalue weighted by Crippen LogP contribution is -2.49. The topological polar surface area (TPSA) is 121 Å². The molecule has 3 aromatic rings. The van der Waals surface area contributed by atoms with E-state index in [2.05, 4.69) is 14.8 Å². The fraction of sp³-hybridized carbons (Fsp3) is 0.308. The second-order valence-corrected chi connectivity index (χ2v) is 11.4. The predicted molar refractivity (Wildman–Crippen MR) is 137 cm³/mol. The third-order valence-corrected chi connectivity index (χ3v) is 8.79. The first kappa shape index (κ1) is 24.4. The Balaban J connectivity index is 1.39. The van der Waals surface area contributed by atoms with Gasteiger partial charge in [0, 0.05) is 50.4 Å². The zero-order valence-electron chi connectivity index (χ0n) is 20.3. The van der Waals surface area contributed by atoms with Crippen LogP contribution in [0, 0.1) is 5.41 Å². The van der Waals surface area contributed by atoms with Crippen LogP contribution >= 0.6 is 0 Å². The molecule has 0 atom stereocenters. The third kappa shape index (κ3) is 4.16. The summed E-state index contributed by atoms with van der Waals surface area (Å²) in [5.74, 6) is -0.538. The van der Waals surface area contributed by atoms with E-state index < -0.39 is 10.0 Å². The molecule has 2 aromatic carbocycles. The van der Waals surface area contributed by atoms with Gasteiger partial charge in [0.15, 0.2) is 11.7 Å². The quantitative estimate of drug-likeness (QED) is 0.368. The molecule has 36 heavy (non-hydrogen) atoms. The lowest BCUT2D eigenvalue weighted by atomic mass is 9.84. The van der Waals surface area contributed by atoms with Crippen LogP contribution in [0.4, 0.5) is 0 Å². The lowest BCUT2D eigenvalue weighted by Gasteiger charge is -2.34. The van der Waals surface area contributed by atoms with Crippen molar-refractivity contribution in [1.82, 2.24) is 19.1 Å². The van der Waals surface area contributed by atoms with E-state index >= 15 is 0 Å². The molecular formula is C26H29N5O4S. The maximum absolute atomic E-state index is 13.3. The summed E-state index contributed by atoms with van der Waals surface area (Å²) in [7, 11) is 0.391.